The van der Waals surface area contributed by atoms with E-state index in [-0.39, 0.29) is 11.3 Å². The van der Waals surface area contributed by atoms with E-state index in [9.17, 15) is 9.18 Å². The predicted octanol–water partition coefficient (Wildman–Crippen LogP) is 1.87. The molecular weight excluding hydrogens is 225 g/mol. The molecular formula is C12H14FNO3. The van der Waals surface area contributed by atoms with Gasteiger partial charge in [0.05, 0.1) is 7.11 Å². The van der Waals surface area contributed by atoms with E-state index in [1.807, 2.05) is 0 Å². The molecule has 1 aromatic carbocycles. The molecule has 0 unspecified atom stereocenters. The smallest absolute Gasteiger partial charge is 0.339 e. The van der Waals surface area contributed by atoms with Gasteiger partial charge in [-0.05, 0) is 37.0 Å². The first-order chi connectivity index (χ1) is 7.98. The number of benzene rings is 1. The monoisotopic (exact) mass is 239 g/mol. The lowest BCUT2D eigenvalue weighted by atomic mass is 9.72. The Morgan fingerprint density at radius 2 is 2.18 bits per heavy atom. The maximum Gasteiger partial charge on any atom is 0.339 e. The van der Waals surface area contributed by atoms with Gasteiger partial charge in [0.25, 0.3) is 0 Å². The van der Waals surface area contributed by atoms with Gasteiger partial charge in [-0.15, -0.1) is 0 Å². The second kappa shape index (κ2) is 4.00. The first-order valence-corrected chi connectivity index (χ1v) is 5.38. The van der Waals surface area contributed by atoms with Crippen LogP contribution in [-0.4, -0.2) is 18.2 Å². The van der Waals surface area contributed by atoms with Crippen molar-refractivity contribution in [3.05, 3.63) is 29.1 Å². The van der Waals surface area contributed by atoms with Crippen LogP contribution in [0.25, 0.3) is 0 Å². The number of aromatic carboxylic acids is 1. The molecule has 1 aromatic rings. The Kier molecular flexibility index (Phi) is 2.79. The Bertz CT molecular complexity index is 469. The van der Waals surface area contributed by atoms with Crippen LogP contribution in [0.4, 0.5) is 4.39 Å². The van der Waals surface area contributed by atoms with E-state index in [4.69, 9.17) is 15.6 Å². The number of carboxylic acid groups (broad SMARTS) is 1. The minimum atomic E-state index is -1.22. The fourth-order valence-electron chi connectivity index (χ4n) is 2.09. The molecule has 1 aliphatic carbocycles. The van der Waals surface area contributed by atoms with Crippen LogP contribution < -0.4 is 10.5 Å². The summed E-state index contributed by atoms with van der Waals surface area (Å²) in [5.41, 5.74) is 5.81. The molecule has 0 heterocycles. The SMILES string of the molecule is COc1c(F)cc(C2(N)CCC2)cc1C(=O)O. The highest BCUT2D eigenvalue weighted by Gasteiger charge is 2.36. The molecule has 0 aliphatic heterocycles. The van der Waals surface area contributed by atoms with E-state index in [0.29, 0.717) is 5.56 Å². The Hall–Kier alpha value is -1.62. The second-order valence-electron chi connectivity index (χ2n) is 4.35. The Labute approximate surface area is 98.2 Å². The minimum absolute atomic E-state index is 0.181. The predicted molar refractivity (Wildman–Crippen MR) is 59.6 cm³/mol. The third-order valence-electron chi connectivity index (χ3n) is 3.30. The minimum Gasteiger partial charge on any atom is -0.493 e. The summed E-state index contributed by atoms with van der Waals surface area (Å²) in [4.78, 5) is 11.0. The fourth-order valence-corrected chi connectivity index (χ4v) is 2.09. The molecule has 1 aliphatic rings. The van der Waals surface area contributed by atoms with Crippen LogP contribution in [0.15, 0.2) is 12.1 Å². The van der Waals surface area contributed by atoms with Gasteiger partial charge in [0, 0.05) is 5.54 Å². The van der Waals surface area contributed by atoms with E-state index in [2.05, 4.69) is 0 Å². The van der Waals surface area contributed by atoms with E-state index < -0.39 is 17.3 Å². The third-order valence-corrected chi connectivity index (χ3v) is 3.30. The summed E-state index contributed by atoms with van der Waals surface area (Å²) >= 11 is 0. The van der Waals surface area contributed by atoms with E-state index in [1.54, 1.807) is 0 Å². The van der Waals surface area contributed by atoms with Crippen molar-refractivity contribution in [3.63, 3.8) is 0 Å². The van der Waals surface area contributed by atoms with Crippen LogP contribution in [0.3, 0.4) is 0 Å². The highest BCUT2D eigenvalue weighted by atomic mass is 19.1. The number of nitrogens with two attached hydrogens (primary N) is 1. The van der Waals surface area contributed by atoms with Gasteiger partial charge in [0.2, 0.25) is 0 Å². The van der Waals surface area contributed by atoms with Crippen molar-refractivity contribution >= 4 is 5.97 Å². The molecule has 5 heteroatoms. The van der Waals surface area contributed by atoms with Gasteiger partial charge < -0.3 is 15.6 Å². The highest BCUT2D eigenvalue weighted by Crippen LogP contribution is 2.40. The average molecular weight is 239 g/mol. The molecule has 0 spiro atoms. The number of hydrogen-bond donors (Lipinski definition) is 2. The molecule has 17 heavy (non-hydrogen) atoms. The van der Waals surface area contributed by atoms with E-state index in [1.165, 1.54) is 19.2 Å². The van der Waals surface area contributed by atoms with Crippen LogP contribution in [0.5, 0.6) is 5.75 Å². The Morgan fingerprint density at radius 1 is 1.53 bits per heavy atom. The van der Waals surface area contributed by atoms with Gasteiger partial charge >= 0.3 is 5.97 Å². The number of rotatable bonds is 3. The molecule has 0 atom stereocenters. The van der Waals surface area contributed by atoms with Crippen molar-refractivity contribution in [1.29, 1.82) is 0 Å². The average Bonchev–Trinajstić information content (AvgIpc) is 2.24. The summed E-state index contributed by atoms with van der Waals surface area (Å²) in [6.07, 6.45) is 2.47. The van der Waals surface area contributed by atoms with Crippen LogP contribution in [-0.2, 0) is 5.54 Å². The van der Waals surface area contributed by atoms with Crippen LogP contribution in [0, 0.1) is 5.82 Å². The molecule has 3 N–H and O–H groups in total. The molecule has 0 bridgehead atoms. The fraction of sp³-hybridized carbons (Fsp3) is 0.417. The molecule has 0 saturated heterocycles. The van der Waals surface area contributed by atoms with Crippen LogP contribution in [0.2, 0.25) is 0 Å². The highest BCUT2D eigenvalue weighted by molar-refractivity contribution is 5.91. The Morgan fingerprint density at radius 3 is 2.59 bits per heavy atom. The van der Waals surface area contributed by atoms with Crippen molar-refractivity contribution in [2.45, 2.75) is 24.8 Å². The summed E-state index contributed by atoms with van der Waals surface area (Å²) < 4.78 is 18.5. The van der Waals surface area contributed by atoms with Crippen molar-refractivity contribution < 1.29 is 19.0 Å². The number of ether oxygens (including phenoxy) is 1. The summed E-state index contributed by atoms with van der Waals surface area (Å²) in [6, 6.07) is 2.67. The van der Waals surface area contributed by atoms with Gasteiger partial charge in [-0.1, -0.05) is 0 Å². The maximum atomic E-state index is 13.7. The number of carbonyl (C=O) groups is 1. The van der Waals surface area contributed by atoms with Crippen molar-refractivity contribution in [3.8, 4) is 5.75 Å². The van der Waals surface area contributed by atoms with Crippen molar-refractivity contribution in [2.75, 3.05) is 7.11 Å². The number of carboxylic acids is 1. The summed E-state index contributed by atoms with van der Waals surface area (Å²) in [6.45, 7) is 0. The van der Waals surface area contributed by atoms with E-state index in [0.717, 1.165) is 19.3 Å². The number of halogens is 1. The lowest BCUT2D eigenvalue weighted by molar-refractivity contribution is 0.0692. The summed E-state index contributed by atoms with van der Waals surface area (Å²) in [5.74, 6) is -2.14. The second-order valence-corrected chi connectivity index (χ2v) is 4.35. The molecule has 92 valence electrons. The quantitative estimate of drug-likeness (QED) is 0.844. The van der Waals surface area contributed by atoms with Gasteiger partial charge in [-0.25, -0.2) is 9.18 Å². The normalized spacial score (nSPS) is 17.4. The first-order valence-electron chi connectivity index (χ1n) is 5.38. The van der Waals surface area contributed by atoms with Crippen molar-refractivity contribution in [1.82, 2.24) is 0 Å². The molecule has 0 amide bonds. The van der Waals surface area contributed by atoms with Gasteiger partial charge in [0.15, 0.2) is 11.6 Å². The molecule has 1 saturated carbocycles. The lowest BCUT2D eigenvalue weighted by Crippen LogP contribution is -2.43. The number of methoxy groups -OCH3 is 1. The lowest BCUT2D eigenvalue weighted by Gasteiger charge is -2.38. The summed E-state index contributed by atoms with van der Waals surface area (Å²) in [7, 11) is 1.24. The zero-order valence-corrected chi connectivity index (χ0v) is 9.50. The number of hydrogen-bond acceptors (Lipinski definition) is 3. The third kappa shape index (κ3) is 1.86. The van der Waals surface area contributed by atoms with E-state index >= 15 is 0 Å². The summed E-state index contributed by atoms with van der Waals surface area (Å²) in [5, 5.41) is 9.01. The zero-order chi connectivity index (χ0) is 12.6. The van der Waals surface area contributed by atoms with Gasteiger partial charge in [0.1, 0.15) is 5.56 Å². The van der Waals surface area contributed by atoms with Crippen LogP contribution in [0.1, 0.15) is 35.2 Å². The van der Waals surface area contributed by atoms with Crippen LogP contribution >= 0.6 is 0 Å². The molecule has 0 radical (unpaired) electrons. The molecule has 1 fully saturated rings. The van der Waals surface area contributed by atoms with Gasteiger partial charge in [-0.2, -0.15) is 0 Å². The van der Waals surface area contributed by atoms with Gasteiger partial charge in [-0.3, -0.25) is 0 Å². The topological polar surface area (TPSA) is 72.5 Å². The standard InChI is InChI=1S/C12H14FNO3/c1-17-10-8(11(15)16)5-7(6-9(10)13)12(14)3-2-4-12/h5-6H,2-4,14H2,1H3,(H,15,16). The zero-order valence-electron chi connectivity index (χ0n) is 9.50. The molecule has 0 aromatic heterocycles. The first kappa shape index (κ1) is 11.9. The molecule has 4 nitrogen and oxygen atoms in total. The Balaban J connectivity index is 2.53. The largest absolute Gasteiger partial charge is 0.493 e. The maximum absolute atomic E-state index is 13.7. The molecule has 2 rings (SSSR count). The van der Waals surface area contributed by atoms with Crippen molar-refractivity contribution in [2.24, 2.45) is 5.73 Å².